The second-order valence-electron chi connectivity index (χ2n) is 4.24. The van der Waals surface area contributed by atoms with Crippen LogP contribution in [0.15, 0.2) is 22.8 Å². The molecule has 1 aromatic rings. The molecule has 90 valence electrons. The largest absolute Gasteiger partial charge is 0.468 e. The summed E-state index contributed by atoms with van der Waals surface area (Å²) in [5.41, 5.74) is 0. The van der Waals surface area contributed by atoms with E-state index in [9.17, 15) is 0 Å². The summed E-state index contributed by atoms with van der Waals surface area (Å²) < 4.78 is 10.7. The van der Waals surface area contributed by atoms with Crippen molar-refractivity contribution in [3.8, 4) is 0 Å². The average Bonchev–Trinajstić information content (AvgIpc) is 2.77. The minimum atomic E-state index is 0.374. The minimum Gasteiger partial charge on any atom is -0.468 e. The zero-order valence-electron chi connectivity index (χ0n) is 9.82. The third-order valence-electron chi connectivity index (χ3n) is 2.81. The van der Waals surface area contributed by atoms with Crippen LogP contribution in [0.2, 0.25) is 0 Å². The number of nitrogens with one attached hydrogen (secondary N) is 1. The van der Waals surface area contributed by atoms with Gasteiger partial charge in [-0.05, 0) is 19.1 Å². The number of hydrogen-bond donors (Lipinski definition) is 1. The van der Waals surface area contributed by atoms with Crippen molar-refractivity contribution in [1.82, 2.24) is 10.2 Å². The van der Waals surface area contributed by atoms with Gasteiger partial charge in [-0.15, -0.1) is 0 Å². The molecule has 1 unspecified atom stereocenters. The lowest BCUT2D eigenvalue weighted by Gasteiger charge is -2.30. The molecular weight excluding hydrogens is 204 g/mol. The van der Waals surface area contributed by atoms with E-state index in [-0.39, 0.29) is 0 Å². The first kappa shape index (κ1) is 11.6. The van der Waals surface area contributed by atoms with E-state index in [0.717, 1.165) is 45.1 Å². The van der Waals surface area contributed by atoms with Crippen molar-refractivity contribution in [3.63, 3.8) is 0 Å². The highest BCUT2D eigenvalue weighted by Gasteiger charge is 2.15. The summed E-state index contributed by atoms with van der Waals surface area (Å²) in [6.07, 6.45) is 2.08. The standard InChI is InChI=1S/C12H20N2O2/c1-11-10-14(6-8-15-11)5-4-13-9-12-3-2-7-16-12/h2-3,7,11,13H,4-6,8-10H2,1H3. The number of morpholine rings is 1. The lowest BCUT2D eigenvalue weighted by molar-refractivity contribution is -0.0176. The van der Waals surface area contributed by atoms with Crippen molar-refractivity contribution in [3.05, 3.63) is 24.2 Å². The molecule has 16 heavy (non-hydrogen) atoms. The Kier molecular flexibility index (Phi) is 4.39. The maximum Gasteiger partial charge on any atom is 0.117 e. The molecule has 2 rings (SSSR count). The molecule has 1 saturated heterocycles. The molecule has 2 heterocycles. The van der Waals surface area contributed by atoms with Crippen molar-refractivity contribution in [2.75, 3.05) is 32.8 Å². The summed E-state index contributed by atoms with van der Waals surface area (Å²) in [5.74, 6) is 0.996. The predicted octanol–water partition coefficient (Wildman–Crippen LogP) is 1.09. The summed E-state index contributed by atoms with van der Waals surface area (Å²) in [7, 11) is 0. The average molecular weight is 224 g/mol. The van der Waals surface area contributed by atoms with Gasteiger partial charge in [0.25, 0.3) is 0 Å². The molecule has 0 saturated carbocycles. The molecular formula is C12H20N2O2. The zero-order valence-corrected chi connectivity index (χ0v) is 9.82. The van der Waals surface area contributed by atoms with Gasteiger partial charge in [0.05, 0.1) is 25.5 Å². The van der Waals surface area contributed by atoms with Crippen LogP contribution in [0.1, 0.15) is 12.7 Å². The van der Waals surface area contributed by atoms with Gasteiger partial charge >= 0.3 is 0 Å². The van der Waals surface area contributed by atoms with E-state index >= 15 is 0 Å². The van der Waals surface area contributed by atoms with E-state index in [1.165, 1.54) is 0 Å². The lowest BCUT2D eigenvalue weighted by Crippen LogP contribution is -2.43. The lowest BCUT2D eigenvalue weighted by atomic mass is 10.3. The van der Waals surface area contributed by atoms with Crippen LogP contribution >= 0.6 is 0 Å². The predicted molar refractivity (Wildman–Crippen MR) is 62.3 cm³/mol. The molecule has 0 bridgehead atoms. The van der Waals surface area contributed by atoms with Crippen LogP contribution < -0.4 is 5.32 Å². The Bertz CT molecular complexity index is 287. The highest BCUT2D eigenvalue weighted by Crippen LogP contribution is 2.03. The van der Waals surface area contributed by atoms with Crippen LogP contribution in [-0.4, -0.2) is 43.8 Å². The van der Waals surface area contributed by atoms with E-state index in [0.29, 0.717) is 6.10 Å². The Morgan fingerprint density at radius 2 is 2.50 bits per heavy atom. The molecule has 1 atom stereocenters. The highest BCUT2D eigenvalue weighted by atomic mass is 16.5. The Hall–Kier alpha value is -0.840. The third-order valence-corrected chi connectivity index (χ3v) is 2.81. The van der Waals surface area contributed by atoms with Gasteiger partial charge < -0.3 is 14.5 Å². The Morgan fingerprint density at radius 3 is 3.25 bits per heavy atom. The molecule has 1 aromatic heterocycles. The summed E-state index contributed by atoms with van der Waals surface area (Å²) in [6.45, 7) is 7.96. The Balaban J connectivity index is 1.57. The van der Waals surface area contributed by atoms with Gasteiger partial charge in [-0.2, -0.15) is 0 Å². The quantitative estimate of drug-likeness (QED) is 0.760. The van der Waals surface area contributed by atoms with Crippen molar-refractivity contribution >= 4 is 0 Å². The molecule has 1 fully saturated rings. The van der Waals surface area contributed by atoms with Gasteiger partial charge in [0.1, 0.15) is 5.76 Å². The molecule has 4 heteroatoms. The number of rotatable bonds is 5. The molecule has 1 aliphatic heterocycles. The zero-order chi connectivity index (χ0) is 11.2. The fourth-order valence-corrected chi connectivity index (χ4v) is 1.96. The summed E-state index contributed by atoms with van der Waals surface area (Å²) in [4.78, 5) is 2.43. The van der Waals surface area contributed by atoms with Gasteiger partial charge in [-0.1, -0.05) is 0 Å². The highest BCUT2D eigenvalue weighted by molar-refractivity contribution is 4.97. The van der Waals surface area contributed by atoms with Crippen LogP contribution in [0, 0.1) is 0 Å². The molecule has 0 aromatic carbocycles. The monoisotopic (exact) mass is 224 g/mol. The van der Waals surface area contributed by atoms with E-state index in [2.05, 4.69) is 17.1 Å². The molecule has 1 N–H and O–H groups in total. The SMILES string of the molecule is CC1CN(CCNCc2ccco2)CCO1. The summed E-state index contributed by atoms with van der Waals surface area (Å²) in [6, 6.07) is 3.91. The van der Waals surface area contributed by atoms with Crippen molar-refractivity contribution in [2.24, 2.45) is 0 Å². The van der Waals surface area contributed by atoms with Crippen molar-refractivity contribution in [1.29, 1.82) is 0 Å². The normalized spacial score (nSPS) is 22.4. The number of nitrogens with zero attached hydrogens (tertiary/aromatic N) is 1. The van der Waals surface area contributed by atoms with E-state index in [1.54, 1.807) is 6.26 Å². The van der Waals surface area contributed by atoms with Gasteiger partial charge in [0.2, 0.25) is 0 Å². The van der Waals surface area contributed by atoms with Crippen LogP contribution in [0.3, 0.4) is 0 Å². The fourth-order valence-electron chi connectivity index (χ4n) is 1.96. The molecule has 0 radical (unpaired) electrons. The minimum absolute atomic E-state index is 0.374. The van der Waals surface area contributed by atoms with Gasteiger partial charge in [-0.3, -0.25) is 4.90 Å². The van der Waals surface area contributed by atoms with Gasteiger partial charge in [0, 0.05) is 26.2 Å². The number of furan rings is 1. The van der Waals surface area contributed by atoms with E-state index in [4.69, 9.17) is 9.15 Å². The van der Waals surface area contributed by atoms with E-state index < -0.39 is 0 Å². The molecule has 0 spiro atoms. The Labute approximate surface area is 96.6 Å². The second kappa shape index (κ2) is 6.03. The Morgan fingerprint density at radius 1 is 1.56 bits per heavy atom. The van der Waals surface area contributed by atoms with Gasteiger partial charge in [-0.25, -0.2) is 0 Å². The van der Waals surface area contributed by atoms with Crippen LogP contribution in [-0.2, 0) is 11.3 Å². The van der Waals surface area contributed by atoms with Crippen LogP contribution in [0.25, 0.3) is 0 Å². The molecule has 0 amide bonds. The van der Waals surface area contributed by atoms with Crippen LogP contribution in [0.4, 0.5) is 0 Å². The maximum atomic E-state index is 5.50. The maximum absolute atomic E-state index is 5.50. The van der Waals surface area contributed by atoms with Crippen LogP contribution in [0.5, 0.6) is 0 Å². The van der Waals surface area contributed by atoms with Crippen molar-refractivity contribution in [2.45, 2.75) is 19.6 Å². The number of hydrogen-bond acceptors (Lipinski definition) is 4. The topological polar surface area (TPSA) is 37.6 Å². The molecule has 4 nitrogen and oxygen atoms in total. The van der Waals surface area contributed by atoms with Crippen molar-refractivity contribution < 1.29 is 9.15 Å². The molecule has 0 aliphatic carbocycles. The second-order valence-corrected chi connectivity index (χ2v) is 4.24. The molecule has 1 aliphatic rings. The summed E-state index contributed by atoms with van der Waals surface area (Å²) in [5, 5.41) is 3.37. The van der Waals surface area contributed by atoms with E-state index in [1.807, 2.05) is 12.1 Å². The third kappa shape index (κ3) is 3.63. The first-order valence-electron chi connectivity index (χ1n) is 5.91. The first-order valence-corrected chi connectivity index (χ1v) is 5.91. The first-order chi connectivity index (χ1) is 7.84. The van der Waals surface area contributed by atoms with Gasteiger partial charge in [0.15, 0.2) is 0 Å². The fraction of sp³-hybridized carbons (Fsp3) is 0.667. The summed E-state index contributed by atoms with van der Waals surface area (Å²) >= 11 is 0. The number of ether oxygens (including phenoxy) is 1. The smallest absolute Gasteiger partial charge is 0.117 e.